The van der Waals surface area contributed by atoms with Crippen LogP contribution in [0, 0.1) is 14.2 Å². The van der Waals surface area contributed by atoms with Crippen LogP contribution in [0.25, 0.3) is 0 Å². The molecule has 0 heterocycles. The molecule has 0 amide bonds. The van der Waals surface area contributed by atoms with Crippen LogP contribution in [0.3, 0.4) is 0 Å². The van der Waals surface area contributed by atoms with Gasteiger partial charge in [0.05, 0.1) is 0 Å². The van der Waals surface area contributed by atoms with E-state index in [4.69, 9.17) is 10.4 Å². The van der Waals surface area contributed by atoms with Crippen LogP contribution in [0.5, 0.6) is 5.75 Å². The van der Waals surface area contributed by atoms with E-state index in [1.807, 2.05) is 5.40 Å². The molecule has 0 radical (unpaired) electrons. The average Bonchev–Trinajstić information content (AvgIpc) is 1.95. The summed E-state index contributed by atoms with van der Waals surface area (Å²) in [4.78, 5) is 0.880. The van der Waals surface area contributed by atoms with Gasteiger partial charge in [-0.3, -0.25) is 0 Å². The van der Waals surface area contributed by atoms with Crippen LogP contribution in [-0.2, 0) is 0 Å². The topological polar surface area (TPSA) is 44.0 Å². The van der Waals surface area contributed by atoms with Crippen LogP contribution >= 0.6 is 34.4 Å². The quantitative estimate of drug-likeness (QED) is 0.487. The lowest BCUT2D eigenvalue weighted by Gasteiger charge is -1.97. The smallest absolute Gasteiger partial charge is 0.138 e. The van der Waals surface area contributed by atoms with E-state index in [0.717, 1.165) is 20.2 Å². The van der Waals surface area contributed by atoms with Crippen molar-refractivity contribution in [1.29, 1.82) is 5.26 Å². The molecule has 0 aromatic heterocycles. The minimum atomic E-state index is 0.233. The molecule has 0 saturated carbocycles. The Labute approximate surface area is 82.4 Å². The molecular formula is C7H4INOS. The van der Waals surface area contributed by atoms with Gasteiger partial charge >= 0.3 is 0 Å². The van der Waals surface area contributed by atoms with Crippen LogP contribution in [0.1, 0.15) is 0 Å². The van der Waals surface area contributed by atoms with Crippen LogP contribution in [0.2, 0.25) is 0 Å². The monoisotopic (exact) mass is 277 g/mol. The van der Waals surface area contributed by atoms with Crippen molar-refractivity contribution in [3.05, 3.63) is 21.8 Å². The van der Waals surface area contributed by atoms with Crippen molar-refractivity contribution < 1.29 is 5.11 Å². The minimum absolute atomic E-state index is 0.233. The third-order valence-electron chi connectivity index (χ3n) is 1.07. The second-order valence-electron chi connectivity index (χ2n) is 1.81. The van der Waals surface area contributed by atoms with Crippen molar-refractivity contribution in [2.75, 3.05) is 0 Å². The lowest BCUT2D eigenvalue weighted by Crippen LogP contribution is -1.75. The van der Waals surface area contributed by atoms with Gasteiger partial charge in [0, 0.05) is 8.47 Å². The maximum Gasteiger partial charge on any atom is 0.138 e. The zero-order chi connectivity index (χ0) is 8.27. The number of halogens is 1. The summed E-state index contributed by atoms with van der Waals surface area (Å²) in [5, 5.41) is 19.3. The summed E-state index contributed by atoms with van der Waals surface area (Å²) < 4.78 is 0.897. The van der Waals surface area contributed by atoms with E-state index in [-0.39, 0.29) is 5.75 Å². The van der Waals surface area contributed by atoms with E-state index in [1.165, 1.54) is 0 Å². The highest BCUT2D eigenvalue weighted by atomic mass is 127. The fourth-order valence-electron chi connectivity index (χ4n) is 0.622. The van der Waals surface area contributed by atoms with Crippen molar-refractivity contribution in [3.63, 3.8) is 0 Å². The van der Waals surface area contributed by atoms with Crippen molar-refractivity contribution in [3.8, 4) is 11.2 Å². The van der Waals surface area contributed by atoms with Gasteiger partial charge in [-0.15, -0.1) is 0 Å². The van der Waals surface area contributed by atoms with Gasteiger partial charge in [0.25, 0.3) is 0 Å². The molecule has 11 heavy (non-hydrogen) atoms. The minimum Gasteiger partial charge on any atom is -0.508 e. The number of thioether (sulfide) groups is 1. The second kappa shape index (κ2) is 3.83. The lowest BCUT2D eigenvalue weighted by molar-refractivity contribution is 0.474. The maximum absolute atomic E-state index is 9.01. The first-order chi connectivity index (χ1) is 5.24. The van der Waals surface area contributed by atoms with Gasteiger partial charge in [0.15, 0.2) is 0 Å². The van der Waals surface area contributed by atoms with Crippen molar-refractivity contribution in [2.24, 2.45) is 0 Å². The molecule has 0 aliphatic heterocycles. The molecule has 0 bridgehead atoms. The molecule has 4 heteroatoms. The predicted octanol–water partition coefficient (Wildman–Crippen LogP) is 2.57. The highest BCUT2D eigenvalue weighted by molar-refractivity contribution is 14.1. The molecule has 0 fully saturated rings. The lowest BCUT2D eigenvalue weighted by atomic mass is 10.3. The third kappa shape index (κ3) is 2.27. The first-order valence-corrected chi connectivity index (χ1v) is 4.68. The highest BCUT2D eigenvalue weighted by Gasteiger charge is 1.99. The zero-order valence-corrected chi connectivity index (χ0v) is 8.39. The number of nitriles is 1. The molecule has 2 nitrogen and oxygen atoms in total. The molecular weight excluding hydrogens is 273 g/mol. The Morgan fingerprint density at radius 1 is 1.55 bits per heavy atom. The summed E-state index contributed by atoms with van der Waals surface area (Å²) in [5.41, 5.74) is 0. The van der Waals surface area contributed by atoms with Crippen LogP contribution in [0.4, 0.5) is 0 Å². The van der Waals surface area contributed by atoms with Gasteiger partial charge in [-0.1, -0.05) is 0 Å². The van der Waals surface area contributed by atoms with Crippen LogP contribution < -0.4 is 0 Å². The third-order valence-corrected chi connectivity index (χ3v) is 3.00. The van der Waals surface area contributed by atoms with E-state index in [2.05, 4.69) is 22.6 Å². The molecule has 0 aliphatic carbocycles. The Morgan fingerprint density at radius 3 is 2.82 bits per heavy atom. The van der Waals surface area contributed by atoms with Gasteiger partial charge in [0.1, 0.15) is 11.2 Å². The number of phenols is 1. The Morgan fingerprint density at radius 2 is 2.27 bits per heavy atom. The summed E-state index contributed by atoms with van der Waals surface area (Å²) in [7, 11) is 0. The van der Waals surface area contributed by atoms with Gasteiger partial charge in [-0.2, -0.15) is 5.26 Å². The molecule has 1 aromatic carbocycles. The number of rotatable bonds is 1. The number of aromatic hydroxyl groups is 1. The zero-order valence-electron chi connectivity index (χ0n) is 5.41. The van der Waals surface area contributed by atoms with Gasteiger partial charge in [-0.05, 0) is 52.6 Å². The largest absolute Gasteiger partial charge is 0.508 e. The fourth-order valence-corrected chi connectivity index (χ4v) is 1.84. The highest BCUT2D eigenvalue weighted by Crippen LogP contribution is 2.26. The predicted molar refractivity (Wildman–Crippen MR) is 52.3 cm³/mol. The van der Waals surface area contributed by atoms with E-state index >= 15 is 0 Å². The van der Waals surface area contributed by atoms with Crippen molar-refractivity contribution in [1.82, 2.24) is 0 Å². The molecule has 0 unspecified atom stereocenters. The average molecular weight is 277 g/mol. The number of hydrogen-bond donors (Lipinski definition) is 1. The Hall–Kier alpha value is -0.410. The summed E-state index contributed by atoms with van der Waals surface area (Å²) in [5.74, 6) is 0.233. The second-order valence-corrected chi connectivity index (χ2v) is 3.80. The van der Waals surface area contributed by atoms with Gasteiger partial charge in [-0.25, -0.2) is 0 Å². The molecule has 0 aliphatic rings. The van der Waals surface area contributed by atoms with Gasteiger partial charge < -0.3 is 5.11 Å². The SMILES string of the molecule is N#CSc1ccc(O)cc1I. The molecule has 1 N–H and O–H groups in total. The molecule has 56 valence electrons. The van der Waals surface area contributed by atoms with Crippen molar-refractivity contribution >= 4 is 34.4 Å². The van der Waals surface area contributed by atoms with Gasteiger partial charge in [0.2, 0.25) is 0 Å². The Bertz CT molecular complexity index is 308. The standard InChI is InChI=1S/C7H4INOS/c8-6-3-5(10)1-2-7(6)11-4-9/h1-3,10H. The number of nitrogens with zero attached hydrogens (tertiary/aromatic N) is 1. The van der Waals surface area contributed by atoms with E-state index < -0.39 is 0 Å². The molecule has 0 saturated heterocycles. The van der Waals surface area contributed by atoms with E-state index in [9.17, 15) is 0 Å². The number of hydrogen-bond acceptors (Lipinski definition) is 3. The van der Waals surface area contributed by atoms with E-state index in [0.29, 0.717) is 0 Å². The van der Waals surface area contributed by atoms with Crippen LogP contribution in [-0.4, -0.2) is 5.11 Å². The normalized spacial score (nSPS) is 9.09. The molecule has 1 aromatic rings. The summed E-state index contributed by atoms with van der Waals surface area (Å²) in [6.07, 6.45) is 0. The number of benzene rings is 1. The fraction of sp³-hybridized carbons (Fsp3) is 0. The van der Waals surface area contributed by atoms with Crippen LogP contribution in [0.15, 0.2) is 23.1 Å². The summed E-state index contributed by atoms with van der Waals surface area (Å²) >= 11 is 3.17. The molecule has 0 spiro atoms. The van der Waals surface area contributed by atoms with E-state index in [1.54, 1.807) is 18.2 Å². The van der Waals surface area contributed by atoms with Crippen molar-refractivity contribution in [2.45, 2.75) is 4.90 Å². The molecule has 1 rings (SSSR count). The maximum atomic E-state index is 9.01. The number of phenolic OH excluding ortho intramolecular Hbond substituents is 1. The Balaban J connectivity index is 3.01. The first-order valence-electron chi connectivity index (χ1n) is 2.78. The first kappa shape index (κ1) is 8.68. The number of thiocyanates is 1. The molecule has 0 atom stereocenters. The summed E-state index contributed by atoms with van der Waals surface area (Å²) in [6, 6.07) is 4.92. The summed E-state index contributed by atoms with van der Waals surface area (Å²) in [6.45, 7) is 0. The Kier molecular flexibility index (Phi) is 3.02.